The number of benzene rings is 1. The van der Waals surface area contributed by atoms with Gasteiger partial charge in [-0.3, -0.25) is 9.59 Å². The minimum Gasteiger partial charge on any atom is -0.326 e. The molecule has 1 aromatic heterocycles. The van der Waals surface area contributed by atoms with E-state index in [0.717, 1.165) is 5.01 Å². The molecule has 0 unspecified atom stereocenters. The van der Waals surface area contributed by atoms with Gasteiger partial charge in [0, 0.05) is 29.0 Å². The summed E-state index contributed by atoms with van der Waals surface area (Å²) in [5.74, 6) is -0.520. The lowest BCUT2D eigenvalue weighted by atomic mass is 9.98. The smallest absolute Gasteiger partial charge is 0.226 e. The van der Waals surface area contributed by atoms with Crippen LogP contribution >= 0.6 is 22.9 Å². The van der Waals surface area contributed by atoms with Gasteiger partial charge in [0.25, 0.3) is 0 Å². The third-order valence-corrected chi connectivity index (χ3v) is 4.50. The Morgan fingerprint density at radius 2 is 1.79 bits per heavy atom. The lowest BCUT2D eigenvalue weighted by Gasteiger charge is -2.12. The van der Waals surface area contributed by atoms with Crippen LogP contribution < -0.4 is 10.6 Å². The van der Waals surface area contributed by atoms with Gasteiger partial charge in [-0.1, -0.05) is 49.8 Å². The van der Waals surface area contributed by atoms with E-state index >= 15 is 0 Å². The summed E-state index contributed by atoms with van der Waals surface area (Å²) in [6.45, 7) is 6.08. The lowest BCUT2D eigenvalue weighted by Crippen LogP contribution is -2.17. The number of aromatic nitrogens is 2. The summed E-state index contributed by atoms with van der Waals surface area (Å²) in [7, 11) is 0. The van der Waals surface area contributed by atoms with Crippen molar-refractivity contribution < 1.29 is 9.59 Å². The number of nitrogens with one attached hydrogen (secondary N) is 2. The average molecular weight is 367 g/mol. The monoisotopic (exact) mass is 366 g/mol. The quantitative estimate of drug-likeness (QED) is 0.841. The predicted molar refractivity (Wildman–Crippen MR) is 96.6 cm³/mol. The second kappa shape index (κ2) is 7.72. The molecule has 0 fully saturated rings. The van der Waals surface area contributed by atoms with Gasteiger partial charge in [-0.25, -0.2) is 0 Å². The van der Waals surface area contributed by atoms with E-state index in [2.05, 4.69) is 20.8 Å². The van der Waals surface area contributed by atoms with Gasteiger partial charge in [0.05, 0.1) is 0 Å². The lowest BCUT2D eigenvalue weighted by molar-refractivity contribution is -0.121. The maximum absolute atomic E-state index is 11.9. The molecule has 2 amide bonds. The molecule has 0 saturated heterocycles. The van der Waals surface area contributed by atoms with E-state index in [-0.39, 0.29) is 30.1 Å². The van der Waals surface area contributed by atoms with E-state index in [9.17, 15) is 9.59 Å². The highest BCUT2D eigenvalue weighted by Crippen LogP contribution is 2.27. The highest BCUT2D eigenvalue weighted by atomic mass is 35.5. The highest BCUT2D eigenvalue weighted by molar-refractivity contribution is 7.15. The van der Waals surface area contributed by atoms with E-state index in [1.54, 1.807) is 24.3 Å². The van der Waals surface area contributed by atoms with Crippen LogP contribution in [0.5, 0.6) is 0 Å². The van der Waals surface area contributed by atoms with E-state index < -0.39 is 0 Å². The van der Waals surface area contributed by atoms with Gasteiger partial charge < -0.3 is 10.6 Å². The zero-order valence-corrected chi connectivity index (χ0v) is 15.3. The Hall–Kier alpha value is -1.99. The number of hydrogen-bond donors (Lipinski definition) is 2. The minimum absolute atomic E-state index is 0.0663. The Labute approximate surface area is 149 Å². The van der Waals surface area contributed by atoms with Crippen molar-refractivity contribution in [2.24, 2.45) is 0 Å². The van der Waals surface area contributed by atoms with Crippen LogP contribution in [0.25, 0.3) is 0 Å². The molecule has 1 aromatic carbocycles. The number of carbonyl (C=O) groups is 2. The molecule has 0 spiro atoms. The summed E-state index contributed by atoms with van der Waals surface area (Å²) in [6.07, 6.45) is 0.139. The largest absolute Gasteiger partial charge is 0.326 e. The Bertz CT molecular complexity index is 740. The molecule has 6 nitrogen and oxygen atoms in total. The molecule has 0 saturated carbocycles. The molecule has 0 bridgehead atoms. The average Bonchev–Trinajstić information content (AvgIpc) is 2.94. The van der Waals surface area contributed by atoms with Crippen molar-refractivity contribution in [3.8, 4) is 0 Å². The number of carbonyl (C=O) groups excluding carboxylic acids is 2. The van der Waals surface area contributed by atoms with Crippen LogP contribution in [0.2, 0.25) is 5.02 Å². The van der Waals surface area contributed by atoms with Gasteiger partial charge in [-0.15, -0.1) is 10.2 Å². The maximum atomic E-state index is 11.9. The first-order chi connectivity index (χ1) is 11.2. The number of halogens is 1. The molecular formula is C16H19ClN4O2S. The molecule has 0 atom stereocenters. The van der Waals surface area contributed by atoms with Gasteiger partial charge in [-0.2, -0.15) is 0 Å². The number of nitrogens with zero attached hydrogens (tertiary/aromatic N) is 2. The molecule has 0 aliphatic carbocycles. The summed E-state index contributed by atoms with van der Waals surface area (Å²) in [4.78, 5) is 23.8. The molecule has 0 aliphatic rings. The normalized spacial score (nSPS) is 11.2. The molecule has 0 aliphatic heterocycles. The minimum atomic E-state index is -0.271. The highest BCUT2D eigenvalue weighted by Gasteiger charge is 2.20. The maximum Gasteiger partial charge on any atom is 0.226 e. The molecule has 2 aromatic rings. The molecule has 2 N–H and O–H groups in total. The fourth-order valence-corrected chi connectivity index (χ4v) is 2.78. The first kappa shape index (κ1) is 18.4. The second-order valence-electron chi connectivity index (χ2n) is 6.27. The first-order valence-corrected chi connectivity index (χ1v) is 8.63. The van der Waals surface area contributed by atoms with Crippen LogP contribution in [-0.2, 0) is 15.0 Å². The van der Waals surface area contributed by atoms with Gasteiger partial charge in [0.1, 0.15) is 5.01 Å². The van der Waals surface area contributed by atoms with Gasteiger partial charge in [0.2, 0.25) is 16.9 Å². The van der Waals surface area contributed by atoms with Crippen molar-refractivity contribution in [2.45, 2.75) is 39.0 Å². The number of amides is 2. The predicted octanol–water partition coefficient (Wildman–Crippen LogP) is 3.85. The molecular weight excluding hydrogens is 348 g/mol. The van der Waals surface area contributed by atoms with Crippen LogP contribution in [0.3, 0.4) is 0 Å². The topological polar surface area (TPSA) is 84.0 Å². The standard InChI is InChI=1S/C16H19ClN4O2S/c1-16(2,3)14-20-21-15(24-14)19-13(23)8-7-12(22)18-11-6-4-5-10(17)9-11/h4-6,9H,7-8H2,1-3H3,(H,18,22)(H,19,21,23). The van der Waals surface area contributed by atoms with Crippen molar-refractivity contribution in [3.63, 3.8) is 0 Å². The second-order valence-corrected chi connectivity index (χ2v) is 7.68. The van der Waals surface area contributed by atoms with Crippen LogP contribution in [-0.4, -0.2) is 22.0 Å². The fourth-order valence-electron chi connectivity index (χ4n) is 1.78. The molecule has 24 heavy (non-hydrogen) atoms. The molecule has 0 radical (unpaired) electrons. The van der Waals surface area contributed by atoms with Crippen LogP contribution in [0, 0.1) is 0 Å². The third kappa shape index (κ3) is 5.58. The van der Waals surface area contributed by atoms with E-state index in [1.807, 2.05) is 20.8 Å². The first-order valence-electron chi connectivity index (χ1n) is 7.43. The molecule has 1 heterocycles. The van der Waals surface area contributed by atoms with Gasteiger partial charge in [0.15, 0.2) is 0 Å². The molecule has 2 rings (SSSR count). The van der Waals surface area contributed by atoms with Crippen LogP contribution in [0.4, 0.5) is 10.8 Å². The third-order valence-electron chi connectivity index (χ3n) is 3.00. The van der Waals surface area contributed by atoms with Crippen LogP contribution in [0.1, 0.15) is 38.6 Å². The van der Waals surface area contributed by atoms with Crippen molar-refractivity contribution in [1.82, 2.24) is 10.2 Å². The number of anilines is 2. The Morgan fingerprint density at radius 1 is 1.12 bits per heavy atom. The zero-order chi connectivity index (χ0) is 17.7. The van der Waals surface area contributed by atoms with Gasteiger partial charge >= 0.3 is 0 Å². The van der Waals surface area contributed by atoms with E-state index in [4.69, 9.17) is 11.6 Å². The summed E-state index contributed by atoms with van der Waals surface area (Å²) in [5.41, 5.74) is 0.490. The summed E-state index contributed by atoms with van der Waals surface area (Å²) < 4.78 is 0. The Morgan fingerprint density at radius 3 is 2.38 bits per heavy atom. The van der Waals surface area contributed by atoms with Crippen molar-refractivity contribution in [1.29, 1.82) is 0 Å². The fraction of sp³-hybridized carbons (Fsp3) is 0.375. The van der Waals surface area contributed by atoms with Crippen molar-refractivity contribution in [3.05, 3.63) is 34.3 Å². The zero-order valence-electron chi connectivity index (χ0n) is 13.7. The number of rotatable bonds is 5. The number of hydrogen-bond acceptors (Lipinski definition) is 5. The molecule has 128 valence electrons. The molecule has 8 heteroatoms. The van der Waals surface area contributed by atoms with Crippen LogP contribution in [0.15, 0.2) is 24.3 Å². The van der Waals surface area contributed by atoms with E-state index in [0.29, 0.717) is 15.8 Å². The van der Waals surface area contributed by atoms with Gasteiger partial charge in [-0.05, 0) is 18.2 Å². The SMILES string of the molecule is CC(C)(C)c1nnc(NC(=O)CCC(=O)Nc2cccc(Cl)c2)s1. The summed E-state index contributed by atoms with van der Waals surface area (Å²) >= 11 is 7.19. The van der Waals surface area contributed by atoms with E-state index in [1.165, 1.54) is 11.3 Å². The summed E-state index contributed by atoms with van der Waals surface area (Å²) in [5, 5.41) is 15.2. The Kier molecular flexibility index (Phi) is 5.90. The Balaban J connectivity index is 1.80. The van der Waals surface area contributed by atoms with Crippen molar-refractivity contribution in [2.75, 3.05) is 10.6 Å². The van der Waals surface area contributed by atoms with Crippen molar-refractivity contribution >= 4 is 45.6 Å². The summed E-state index contributed by atoms with van der Waals surface area (Å²) in [6, 6.07) is 6.85.